The van der Waals surface area contributed by atoms with E-state index in [1.807, 2.05) is 11.6 Å². The van der Waals surface area contributed by atoms with Crippen molar-refractivity contribution in [2.24, 2.45) is 0 Å². The number of carboxylic acids is 1. The zero-order chi connectivity index (χ0) is 9.26. The molecule has 0 fully saturated rings. The fraction of sp³-hybridized carbons (Fsp3) is 0.125. The Morgan fingerprint density at radius 2 is 2.54 bits per heavy atom. The minimum absolute atomic E-state index is 0.0381. The predicted molar refractivity (Wildman–Crippen MR) is 46.6 cm³/mol. The van der Waals surface area contributed by atoms with E-state index in [1.54, 1.807) is 16.7 Å². The van der Waals surface area contributed by atoms with Crippen LogP contribution in [0, 0.1) is 0 Å². The van der Waals surface area contributed by atoms with Crippen LogP contribution in [0.3, 0.4) is 0 Å². The van der Waals surface area contributed by atoms with Crippen LogP contribution < -0.4 is 4.40 Å². The maximum atomic E-state index is 10.5. The number of carboxylic acid groups (broad SMARTS) is 1. The average molecular weight is 195 g/mol. The van der Waals surface area contributed by atoms with Crippen molar-refractivity contribution in [3.8, 4) is 0 Å². The number of aromatic nitrogens is 2. The van der Waals surface area contributed by atoms with Crippen LogP contribution in [0.2, 0.25) is 0 Å². The van der Waals surface area contributed by atoms with E-state index in [-0.39, 0.29) is 6.42 Å². The van der Waals surface area contributed by atoms with Crippen LogP contribution in [0.4, 0.5) is 0 Å². The van der Waals surface area contributed by atoms with Gasteiger partial charge >= 0.3 is 10.9 Å². The number of hydrogen-bond acceptors (Lipinski definition) is 3. The summed E-state index contributed by atoms with van der Waals surface area (Å²) in [6.07, 6.45) is 3.55. The van der Waals surface area contributed by atoms with Gasteiger partial charge in [0, 0.05) is 11.4 Å². The molecule has 0 bridgehead atoms. The molecule has 4 nitrogen and oxygen atoms in total. The summed E-state index contributed by atoms with van der Waals surface area (Å²) < 4.78 is 1.79. The van der Waals surface area contributed by atoms with Crippen molar-refractivity contribution in [2.75, 3.05) is 0 Å². The molecular weight excluding hydrogens is 188 g/mol. The molecule has 2 aromatic heterocycles. The van der Waals surface area contributed by atoms with E-state index in [2.05, 4.69) is 4.98 Å². The van der Waals surface area contributed by atoms with Crippen LogP contribution in [-0.2, 0) is 11.2 Å². The molecule has 0 aromatic carbocycles. The van der Waals surface area contributed by atoms with Gasteiger partial charge < -0.3 is 5.11 Å². The molecular formula is C8H7N2O2S+. The second-order valence-corrected chi connectivity index (χ2v) is 3.41. The summed E-state index contributed by atoms with van der Waals surface area (Å²) >= 11 is 1.44. The third-order valence-electron chi connectivity index (χ3n) is 1.65. The Morgan fingerprint density at radius 3 is 3.31 bits per heavy atom. The van der Waals surface area contributed by atoms with E-state index in [9.17, 15) is 4.79 Å². The Balaban J connectivity index is 2.51. The van der Waals surface area contributed by atoms with Gasteiger partial charge in [0.2, 0.25) is 0 Å². The highest BCUT2D eigenvalue weighted by atomic mass is 32.1. The van der Waals surface area contributed by atoms with Gasteiger partial charge in [-0.2, -0.15) is 4.40 Å². The lowest BCUT2D eigenvalue weighted by atomic mass is 10.3. The van der Waals surface area contributed by atoms with Crippen molar-refractivity contribution in [1.29, 1.82) is 0 Å². The number of fused-ring (bicyclic) bond motifs is 1. The van der Waals surface area contributed by atoms with E-state index in [0.29, 0.717) is 0 Å². The lowest BCUT2D eigenvalue weighted by molar-refractivity contribution is -0.519. The average Bonchev–Trinajstić information content (AvgIpc) is 2.48. The van der Waals surface area contributed by atoms with Crippen molar-refractivity contribution in [3.05, 3.63) is 29.5 Å². The molecule has 0 radical (unpaired) electrons. The smallest absolute Gasteiger partial charge is 0.387 e. The van der Waals surface area contributed by atoms with E-state index in [4.69, 9.17) is 5.11 Å². The van der Waals surface area contributed by atoms with Gasteiger partial charge in [0.25, 0.3) is 0 Å². The standard InChI is InChI=1S/C8H6N2O2S/c11-7(12)4-6-5-13-8-9-2-1-3-10(6)8/h1-3,5H,4H2/p+1. The van der Waals surface area contributed by atoms with Crippen LogP contribution in [-0.4, -0.2) is 16.1 Å². The normalized spacial score (nSPS) is 10.5. The van der Waals surface area contributed by atoms with Crippen molar-refractivity contribution in [1.82, 2.24) is 4.98 Å². The molecule has 0 spiro atoms. The molecule has 2 rings (SSSR count). The number of nitrogens with zero attached hydrogens (tertiary/aromatic N) is 2. The van der Waals surface area contributed by atoms with Crippen LogP contribution in [0.15, 0.2) is 23.8 Å². The van der Waals surface area contributed by atoms with Crippen molar-refractivity contribution >= 4 is 22.3 Å². The number of thiazole rings is 1. The highest BCUT2D eigenvalue weighted by Crippen LogP contribution is 2.06. The summed E-state index contributed by atoms with van der Waals surface area (Å²) in [6.45, 7) is 0. The summed E-state index contributed by atoms with van der Waals surface area (Å²) in [5, 5.41) is 10.4. The van der Waals surface area contributed by atoms with E-state index in [0.717, 1.165) is 10.7 Å². The number of carbonyl (C=O) groups is 1. The minimum atomic E-state index is -0.823. The molecule has 13 heavy (non-hydrogen) atoms. The summed E-state index contributed by atoms with van der Waals surface area (Å²) in [6, 6.07) is 1.78. The second kappa shape index (κ2) is 3.10. The van der Waals surface area contributed by atoms with Crippen LogP contribution in [0.1, 0.15) is 5.69 Å². The first-order chi connectivity index (χ1) is 6.27. The van der Waals surface area contributed by atoms with Gasteiger partial charge in [-0.15, -0.1) is 0 Å². The monoisotopic (exact) mass is 195 g/mol. The Morgan fingerprint density at radius 1 is 1.69 bits per heavy atom. The zero-order valence-corrected chi connectivity index (χ0v) is 7.49. The third-order valence-corrected chi connectivity index (χ3v) is 2.56. The fourth-order valence-corrected chi connectivity index (χ4v) is 1.97. The van der Waals surface area contributed by atoms with Gasteiger partial charge in [-0.1, -0.05) is 11.3 Å². The Bertz CT molecular complexity index is 452. The summed E-state index contributed by atoms with van der Waals surface area (Å²) in [7, 11) is 0. The fourth-order valence-electron chi connectivity index (χ4n) is 1.12. The van der Waals surface area contributed by atoms with E-state index < -0.39 is 5.97 Å². The second-order valence-electron chi connectivity index (χ2n) is 2.57. The molecule has 2 heterocycles. The largest absolute Gasteiger partial charge is 0.481 e. The van der Waals surface area contributed by atoms with Gasteiger partial charge in [-0.25, -0.2) is 0 Å². The van der Waals surface area contributed by atoms with Crippen LogP contribution >= 0.6 is 11.3 Å². The summed E-state index contributed by atoms with van der Waals surface area (Å²) in [4.78, 5) is 15.4. The summed E-state index contributed by atoms with van der Waals surface area (Å²) in [5.74, 6) is -0.823. The first-order valence-electron chi connectivity index (χ1n) is 3.72. The minimum Gasteiger partial charge on any atom is -0.481 e. The molecule has 0 aliphatic carbocycles. The lowest BCUT2D eigenvalue weighted by Gasteiger charge is -1.88. The van der Waals surface area contributed by atoms with E-state index >= 15 is 0 Å². The van der Waals surface area contributed by atoms with Crippen LogP contribution in [0.5, 0.6) is 0 Å². The Kier molecular flexibility index (Phi) is 1.94. The Labute approximate surface area is 78.1 Å². The summed E-state index contributed by atoms with van der Waals surface area (Å²) in [5.41, 5.74) is 0.764. The highest BCUT2D eigenvalue weighted by Gasteiger charge is 2.13. The molecule has 0 aliphatic heterocycles. The van der Waals surface area contributed by atoms with Crippen molar-refractivity contribution in [3.63, 3.8) is 0 Å². The van der Waals surface area contributed by atoms with Crippen LogP contribution in [0.25, 0.3) is 4.96 Å². The number of aliphatic carboxylic acids is 1. The molecule has 0 aliphatic rings. The van der Waals surface area contributed by atoms with Gasteiger partial charge in [0.1, 0.15) is 24.5 Å². The number of rotatable bonds is 2. The van der Waals surface area contributed by atoms with Crippen molar-refractivity contribution < 1.29 is 14.3 Å². The molecule has 0 unspecified atom stereocenters. The molecule has 0 amide bonds. The van der Waals surface area contributed by atoms with Gasteiger partial charge in [-0.3, -0.25) is 4.79 Å². The van der Waals surface area contributed by atoms with E-state index in [1.165, 1.54) is 11.3 Å². The van der Waals surface area contributed by atoms with Gasteiger partial charge in [0.05, 0.1) is 0 Å². The first-order valence-corrected chi connectivity index (χ1v) is 4.60. The maximum absolute atomic E-state index is 10.5. The molecule has 0 atom stereocenters. The van der Waals surface area contributed by atoms with Gasteiger partial charge in [-0.05, 0) is 4.98 Å². The third kappa shape index (κ3) is 1.50. The molecule has 1 N–H and O–H groups in total. The lowest BCUT2D eigenvalue weighted by Crippen LogP contribution is -2.25. The topological polar surface area (TPSA) is 54.3 Å². The predicted octanol–water partition coefficient (Wildman–Crippen LogP) is 0.509. The van der Waals surface area contributed by atoms with Crippen molar-refractivity contribution in [2.45, 2.75) is 6.42 Å². The molecule has 66 valence electrons. The zero-order valence-electron chi connectivity index (χ0n) is 6.67. The number of hydrogen-bond donors (Lipinski definition) is 1. The maximum Gasteiger partial charge on any atom is 0.387 e. The molecule has 0 saturated heterocycles. The molecule has 2 aromatic rings. The molecule has 0 saturated carbocycles. The first kappa shape index (κ1) is 8.12. The molecule has 5 heteroatoms. The highest BCUT2D eigenvalue weighted by molar-refractivity contribution is 7.14. The SMILES string of the molecule is O=C(O)Cc1csc2nccc[n+]12. The van der Waals surface area contributed by atoms with Gasteiger partial charge in [0.15, 0.2) is 0 Å². The Hall–Kier alpha value is -1.49. The quantitative estimate of drug-likeness (QED) is 0.710.